The number of amides is 1. The number of thiazole rings is 1. The SMILES string of the molecule is COc1ccc(C2/C(=C(/O)c3ccc4c(c3)CC(C)O4)C(=O)C(=O)N2c2nc3ccc(C)cc3s2)cc1OC. The number of aliphatic hydroxyl groups excluding tert-OH is 1. The van der Waals surface area contributed by atoms with Gasteiger partial charge in [0.25, 0.3) is 5.78 Å². The average molecular weight is 543 g/mol. The molecule has 9 heteroatoms. The van der Waals surface area contributed by atoms with Crippen molar-refractivity contribution in [3.05, 3.63) is 82.4 Å². The third kappa shape index (κ3) is 4.10. The summed E-state index contributed by atoms with van der Waals surface area (Å²) in [7, 11) is 3.05. The highest BCUT2D eigenvalue weighted by Crippen LogP contribution is 2.46. The lowest BCUT2D eigenvalue weighted by atomic mass is 9.94. The Bertz CT molecular complexity index is 1690. The molecule has 2 unspecified atom stereocenters. The van der Waals surface area contributed by atoms with Crippen LogP contribution < -0.4 is 19.1 Å². The standard InChI is InChI=1S/C30H26N2O6S/c1-15-5-8-20-24(11-15)39-30(31-20)32-26(17-6-10-22(36-3)23(14-17)37-4)25(28(34)29(32)35)27(33)18-7-9-21-19(13-18)12-16(2)38-21/h5-11,13-14,16,26,33H,12H2,1-4H3/b27-25-. The normalized spacial score (nSPS) is 19.8. The summed E-state index contributed by atoms with van der Waals surface area (Å²) in [6.07, 6.45) is 0.715. The number of carbonyl (C=O) groups is 2. The number of carbonyl (C=O) groups excluding carboxylic acids is 2. The van der Waals surface area contributed by atoms with Crippen molar-refractivity contribution in [2.24, 2.45) is 0 Å². The molecule has 2 aliphatic rings. The number of methoxy groups -OCH3 is 2. The fourth-order valence-corrected chi connectivity index (χ4v) is 6.31. The molecule has 0 saturated carbocycles. The van der Waals surface area contributed by atoms with Crippen molar-refractivity contribution in [1.29, 1.82) is 0 Å². The van der Waals surface area contributed by atoms with Gasteiger partial charge in [-0.2, -0.15) is 0 Å². The molecule has 2 atom stereocenters. The van der Waals surface area contributed by atoms with Gasteiger partial charge < -0.3 is 19.3 Å². The van der Waals surface area contributed by atoms with Crippen LogP contribution in [0.4, 0.5) is 5.13 Å². The monoisotopic (exact) mass is 542 g/mol. The quantitative estimate of drug-likeness (QED) is 0.200. The van der Waals surface area contributed by atoms with Crippen LogP contribution in [0.15, 0.2) is 60.2 Å². The van der Waals surface area contributed by atoms with Gasteiger partial charge in [-0.25, -0.2) is 4.98 Å². The molecule has 1 N–H and O–H groups in total. The molecule has 3 heterocycles. The van der Waals surface area contributed by atoms with E-state index in [0.29, 0.717) is 34.2 Å². The molecular formula is C30H26N2O6S. The van der Waals surface area contributed by atoms with Gasteiger partial charge >= 0.3 is 5.91 Å². The number of rotatable bonds is 5. The smallest absolute Gasteiger partial charge is 0.301 e. The van der Waals surface area contributed by atoms with Crippen molar-refractivity contribution in [2.75, 3.05) is 19.1 Å². The minimum Gasteiger partial charge on any atom is -0.507 e. The average Bonchev–Trinajstić information content (AvgIpc) is 3.59. The van der Waals surface area contributed by atoms with Crippen molar-refractivity contribution in [2.45, 2.75) is 32.4 Å². The topological polar surface area (TPSA) is 98.2 Å². The highest BCUT2D eigenvalue weighted by molar-refractivity contribution is 7.22. The molecule has 3 aromatic carbocycles. The van der Waals surface area contributed by atoms with E-state index in [4.69, 9.17) is 14.2 Å². The van der Waals surface area contributed by atoms with Gasteiger partial charge in [-0.15, -0.1) is 0 Å². The van der Waals surface area contributed by atoms with Crippen LogP contribution in [0.1, 0.15) is 35.2 Å². The molecule has 1 amide bonds. The molecule has 0 bridgehead atoms. The Morgan fingerprint density at radius 2 is 1.85 bits per heavy atom. The molecule has 0 radical (unpaired) electrons. The summed E-state index contributed by atoms with van der Waals surface area (Å²) in [6, 6.07) is 15.4. The minimum absolute atomic E-state index is 0.0189. The molecule has 198 valence electrons. The van der Waals surface area contributed by atoms with Crippen LogP contribution in [0.5, 0.6) is 17.2 Å². The lowest BCUT2D eigenvalue weighted by molar-refractivity contribution is -0.132. The van der Waals surface area contributed by atoms with Crippen molar-refractivity contribution in [3.8, 4) is 17.2 Å². The number of aryl methyl sites for hydroxylation is 1. The molecule has 0 spiro atoms. The van der Waals surface area contributed by atoms with Crippen LogP contribution in [0, 0.1) is 6.92 Å². The molecule has 8 nitrogen and oxygen atoms in total. The van der Waals surface area contributed by atoms with E-state index in [0.717, 1.165) is 27.1 Å². The molecule has 2 aliphatic heterocycles. The van der Waals surface area contributed by atoms with Gasteiger partial charge in [0.1, 0.15) is 17.6 Å². The van der Waals surface area contributed by atoms with Crippen LogP contribution in [0.2, 0.25) is 0 Å². The number of aromatic nitrogens is 1. The maximum absolute atomic E-state index is 13.6. The van der Waals surface area contributed by atoms with Gasteiger partial charge in [-0.3, -0.25) is 14.5 Å². The lowest BCUT2D eigenvalue weighted by Crippen LogP contribution is -2.29. The largest absolute Gasteiger partial charge is 0.507 e. The number of nitrogens with zero attached hydrogens (tertiary/aromatic N) is 2. The van der Waals surface area contributed by atoms with Crippen molar-refractivity contribution in [3.63, 3.8) is 0 Å². The first-order valence-electron chi connectivity index (χ1n) is 12.5. The summed E-state index contributed by atoms with van der Waals surface area (Å²) in [5.74, 6) is -0.112. The molecule has 4 aromatic rings. The number of ketones is 1. The number of ether oxygens (including phenoxy) is 3. The Labute approximate surface area is 229 Å². The summed E-state index contributed by atoms with van der Waals surface area (Å²) in [5, 5.41) is 11.9. The second kappa shape index (κ2) is 9.43. The van der Waals surface area contributed by atoms with E-state index >= 15 is 0 Å². The number of anilines is 1. The first-order chi connectivity index (χ1) is 18.8. The minimum atomic E-state index is -0.935. The van der Waals surface area contributed by atoms with Crippen LogP contribution in [-0.4, -0.2) is 42.1 Å². The summed E-state index contributed by atoms with van der Waals surface area (Å²) in [4.78, 5) is 33.3. The zero-order valence-electron chi connectivity index (χ0n) is 21.8. The predicted molar refractivity (Wildman–Crippen MR) is 149 cm³/mol. The molecule has 0 aliphatic carbocycles. The number of benzene rings is 3. The van der Waals surface area contributed by atoms with E-state index in [2.05, 4.69) is 4.98 Å². The maximum atomic E-state index is 13.6. The van der Waals surface area contributed by atoms with Crippen LogP contribution >= 0.6 is 11.3 Å². The molecule has 6 rings (SSSR count). The number of Topliss-reactive ketones (excluding diaryl/α,β-unsaturated/α-hetero) is 1. The van der Waals surface area contributed by atoms with Gasteiger partial charge in [-0.05, 0) is 73.0 Å². The maximum Gasteiger partial charge on any atom is 0.301 e. The second-order valence-electron chi connectivity index (χ2n) is 9.71. The third-order valence-electron chi connectivity index (χ3n) is 7.08. The third-order valence-corrected chi connectivity index (χ3v) is 8.09. The highest BCUT2D eigenvalue weighted by atomic mass is 32.1. The first-order valence-corrected chi connectivity index (χ1v) is 13.3. The van der Waals surface area contributed by atoms with Crippen molar-refractivity contribution >= 4 is 44.1 Å². The van der Waals surface area contributed by atoms with Gasteiger partial charge in [-0.1, -0.05) is 23.5 Å². The number of fused-ring (bicyclic) bond motifs is 2. The van der Waals surface area contributed by atoms with Crippen molar-refractivity contribution < 1.29 is 28.9 Å². The zero-order valence-corrected chi connectivity index (χ0v) is 22.7. The van der Waals surface area contributed by atoms with Crippen LogP contribution in [0.3, 0.4) is 0 Å². The van der Waals surface area contributed by atoms with Gasteiger partial charge in [0.2, 0.25) is 0 Å². The van der Waals surface area contributed by atoms with Gasteiger partial charge in [0.15, 0.2) is 16.6 Å². The molecule has 1 saturated heterocycles. The summed E-state index contributed by atoms with van der Waals surface area (Å²) < 4.78 is 17.6. The van der Waals surface area contributed by atoms with Crippen molar-refractivity contribution in [1.82, 2.24) is 4.98 Å². The fourth-order valence-electron chi connectivity index (χ4n) is 5.22. The van der Waals surface area contributed by atoms with E-state index < -0.39 is 17.7 Å². The van der Waals surface area contributed by atoms with Gasteiger partial charge in [0, 0.05) is 12.0 Å². The summed E-state index contributed by atoms with van der Waals surface area (Å²) in [6.45, 7) is 3.96. The zero-order chi connectivity index (χ0) is 27.4. The predicted octanol–water partition coefficient (Wildman–Crippen LogP) is 5.57. The Morgan fingerprint density at radius 3 is 2.62 bits per heavy atom. The summed E-state index contributed by atoms with van der Waals surface area (Å²) in [5.41, 5.74) is 3.71. The number of aliphatic hydroxyl groups is 1. The number of hydrogen-bond acceptors (Lipinski definition) is 8. The highest BCUT2D eigenvalue weighted by Gasteiger charge is 2.48. The van der Waals surface area contributed by atoms with Crippen LogP contribution in [0.25, 0.3) is 16.0 Å². The van der Waals surface area contributed by atoms with E-state index in [1.165, 1.54) is 30.5 Å². The molecule has 1 fully saturated rings. The summed E-state index contributed by atoms with van der Waals surface area (Å²) >= 11 is 1.32. The Kier molecular flexibility index (Phi) is 6.03. The fraction of sp³-hybridized carbons (Fsp3) is 0.233. The van der Waals surface area contributed by atoms with E-state index in [1.54, 1.807) is 30.3 Å². The van der Waals surface area contributed by atoms with E-state index in [9.17, 15) is 14.7 Å². The van der Waals surface area contributed by atoms with Crippen LogP contribution in [-0.2, 0) is 16.0 Å². The van der Waals surface area contributed by atoms with E-state index in [-0.39, 0.29) is 17.4 Å². The lowest BCUT2D eigenvalue weighted by Gasteiger charge is -2.23. The molecular weight excluding hydrogens is 516 g/mol. The second-order valence-corrected chi connectivity index (χ2v) is 10.7. The Morgan fingerprint density at radius 1 is 1.05 bits per heavy atom. The molecule has 1 aromatic heterocycles. The Balaban J connectivity index is 1.55. The van der Waals surface area contributed by atoms with E-state index in [1.807, 2.05) is 38.1 Å². The Hall–Kier alpha value is -4.37. The number of hydrogen-bond donors (Lipinski definition) is 1. The van der Waals surface area contributed by atoms with Gasteiger partial charge in [0.05, 0.1) is 36.1 Å². The first kappa shape index (κ1) is 24.9. The molecule has 39 heavy (non-hydrogen) atoms.